The topological polar surface area (TPSA) is 166 Å². The molecule has 0 radical (unpaired) electrons. The molecule has 1 amide bonds. The molecular formula is C25H31N7O4S. The molecule has 2 aromatic heterocycles. The van der Waals surface area contributed by atoms with E-state index in [2.05, 4.69) is 37.4 Å². The average molecular weight is 526 g/mol. The lowest BCUT2D eigenvalue weighted by atomic mass is 10.1. The van der Waals surface area contributed by atoms with Gasteiger partial charge in [0.15, 0.2) is 21.3 Å². The monoisotopic (exact) mass is 525 g/mol. The van der Waals surface area contributed by atoms with Crippen molar-refractivity contribution in [1.82, 2.24) is 25.5 Å². The molecule has 4 N–H and O–H groups in total. The van der Waals surface area contributed by atoms with E-state index < -0.39 is 21.0 Å². The molecule has 0 saturated heterocycles. The van der Waals surface area contributed by atoms with Crippen LogP contribution >= 0.6 is 0 Å². The number of rotatable bonds is 10. The first-order valence-electron chi connectivity index (χ1n) is 11.6. The molecule has 0 aliphatic carbocycles. The number of allylic oxidation sites excluding steroid dienone is 2. The second kappa shape index (κ2) is 11.3. The van der Waals surface area contributed by atoms with Crippen LogP contribution in [0, 0.1) is 0 Å². The molecule has 2 heterocycles. The van der Waals surface area contributed by atoms with E-state index in [1.165, 1.54) is 18.3 Å². The number of carbonyl (C=O) groups is 1. The molecular weight excluding hydrogens is 494 g/mol. The summed E-state index contributed by atoms with van der Waals surface area (Å²) in [5.41, 5.74) is 10.0. The van der Waals surface area contributed by atoms with Crippen LogP contribution in [0.15, 0.2) is 63.2 Å². The van der Waals surface area contributed by atoms with Crippen LogP contribution < -0.4 is 16.4 Å². The van der Waals surface area contributed by atoms with Crippen molar-refractivity contribution in [2.24, 2.45) is 0 Å². The Labute approximate surface area is 216 Å². The molecule has 0 atom stereocenters. The van der Waals surface area contributed by atoms with Gasteiger partial charge in [0, 0.05) is 11.3 Å². The Bertz CT molecular complexity index is 1440. The minimum Gasteiger partial charge on any atom is -0.401 e. The largest absolute Gasteiger partial charge is 0.401 e. The Morgan fingerprint density at radius 3 is 2.43 bits per heavy atom. The highest BCUT2D eigenvalue weighted by atomic mass is 32.2. The van der Waals surface area contributed by atoms with Gasteiger partial charge in [0.05, 0.1) is 28.6 Å². The minimum absolute atomic E-state index is 0.0312. The summed E-state index contributed by atoms with van der Waals surface area (Å²) in [5.74, 6) is -0.378. The Hall–Kier alpha value is -4.06. The molecule has 0 fully saturated rings. The van der Waals surface area contributed by atoms with Crippen molar-refractivity contribution < 1.29 is 17.6 Å². The Kier molecular flexibility index (Phi) is 8.43. The van der Waals surface area contributed by atoms with Crippen molar-refractivity contribution in [3.05, 3.63) is 53.9 Å². The van der Waals surface area contributed by atoms with Crippen LogP contribution in [0.3, 0.4) is 0 Å². The van der Waals surface area contributed by atoms with Crippen molar-refractivity contribution in [2.75, 3.05) is 17.6 Å². The van der Waals surface area contributed by atoms with Gasteiger partial charge in [0.25, 0.3) is 5.89 Å². The van der Waals surface area contributed by atoms with Crippen LogP contribution in [0.5, 0.6) is 0 Å². The quantitative estimate of drug-likeness (QED) is 0.332. The maximum absolute atomic E-state index is 12.4. The highest BCUT2D eigenvalue weighted by Gasteiger charge is 2.20. The molecule has 0 aliphatic rings. The van der Waals surface area contributed by atoms with E-state index in [1.807, 2.05) is 20.8 Å². The zero-order valence-electron chi connectivity index (χ0n) is 21.5. The number of nitrogens with two attached hydrogens (primary N) is 1. The number of amides is 1. The number of nitrogens with zero attached hydrogens (tertiary/aromatic N) is 4. The minimum atomic E-state index is -3.40. The Balaban J connectivity index is 1.74. The van der Waals surface area contributed by atoms with Crippen LogP contribution in [0.25, 0.3) is 22.8 Å². The fourth-order valence-electron chi connectivity index (χ4n) is 3.48. The zero-order chi connectivity index (χ0) is 27.3. The predicted molar refractivity (Wildman–Crippen MR) is 142 cm³/mol. The number of hydrogen-bond donors (Lipinski definition) is 3. The molecule has 0 saturated carbocycles. The van der Waals surface area contributed by atoms with E-state index in [0.29, 0.717) is 17.0 Å². The SMILES string of the molecule is C=C(NCC(=O)Nc1nnc(-c2nc(-c3ccc(S(=O)(=O)C(C)C)cc3)cnc2N)o1)C(CC)=C(C)C. The van der Waals surface area contributed by atoms with E-state index in [4.69, 9.17) is 10.2 Å². The van der Waals surface area contributed by atoms with E-state index in [1.54, 1.807) is 26.0 Å². The van der Waals surface area contributed by atoms with Gasteiger partial charge in [-0.15, -0.1) is 5.10 Å². The maximum Gasteiger partial charge on any atom is 0.322 e. The van der Waals surface area contributed by atoms with Gasteiger partial charge in [-0.05, 0) is 51.8 Å². The predicted octanol–water partition coefficient (Wildman–Crippen LogP) is 3.75. The number of anilines is 2. The van der Waals surface area contributed by atoms with E-state index in [0.717, 1.165) is 17.6 Å². The van der Waals surface area contributed by atoms with Gasteiger partial charge in [-0.1, -0.05) is 36.3 Å². The number of nitrogen functional groups attached to an aromatic ring is 1. The van der Waals surface area contributed by atoms with Crippen molar-refractivity contribution >= 4 is 27.6 Å². The van der Waals surface area contributed by atoms with Gasteiger partial charge in [-0.2, -0.15) is 0 Å². The summed E-state index contributed by atoms with van der Waals surface area (Å²) in [6.07, 6.45) is 2.25. The molecule has 37 heavy (non-hydrogen) atoms. The van der Waals surface area contributed by atoms with Crippen molar-refractivity contribution in [2.45, 2.75) is 51.2 Å². The first kappa shape index (κ1) is 27.5. The van der Waals surface area contributed by atoms with Crippen LogP contribution in [-0.2, 0) is 14.6 Å². The molecule has 196 valence electrons. The second-order valence-corrected chi connectivity index (χ2v) is 11.2. The summed E-state index contributed by atoms with van der Waals surface area (Å²) in [6.45, 7) is 13.2. The van der Waals surface area contributed by atoms with Crippen molar-refractivity contribution in [3.63, 3.8) is 0 Å². The van der Waals surface area contributed by atoms with Crippen molar-refractivity contribution in [1.29, 1.82) is 0 Å². The lowest BCUT2D eigenvalue weighted by molar-refractivity contribution is -0.115. The Morgan fingerprint density at radius 1 is 1.16 bits per heavy atom. The van der Waals surface area contributed by atoms with E-state index in [9.17, 15) is 13.2 Å². The summed E-state index contributed by atoms with van der Waals surface area (Å²) in [5, 5.41) is 12.7. The number of hydrogen-bond acceptors (Lipinski definition) is 10. The second-order valence-electron chi connectivity index (χ2n) is 8.73. The Morgan fingerprint density at radius 2 is 1.84 bits per heavy atom. The molecule has 0 unspecified atom stereocenters. The smallest absolute Gasteiger partial charge is 0.322 e. The molecule has 3 rings (SSSR count). The highest BCUT2D eigenvalue weighted by Crippen LogP contribution is 2.27. The van der Waals surface area contributed by atoms with Crippen LogP contribution in [0.4, 0.5) is 11.8 Å². The number of carbonyl (C=O) groups excluding carboxylic acids is 1. The lowest BCUT2D eigenvalue weighted by Gasteiger charge is -2.13. The van der Waals surface area contributed by atoms with Gasteiger partial charge in [0.2, 0.25) is 5.91 Å². The number of aromatic nitrogens is 4. The summed E-state index contributed by atoms with van der Waals surface area (Å²) in [7, 11) is -3.40. The normalized spacial score (nSPS) is 11.3. The summed E-state index contributed by atoms with van der Waals surface area (Å²) < 4.78 is 30.3. The molecule has 1 aromatic carbocycles. The molecule has 0 spiro atoms. The fourth-order valence-corrected chi connectivity index (χ4v) is 4.54. The molecule has 11 nitrogen and oxygen atoms in total. The number of benzene rings is 1. The van der Waals surface area contributed by atoms with Crippen LogP contribution in [-0.4, -0.2) is 46.3 Å². The van der Waals surface area contributed by atoms with Crippen LogP contribution in [0.1, 0.15) is 41.0 Å². The number of nitrogens with one attached hydrogen (secondary N) is 2. The summed E-state index contributed by atoms with van der Waals surface area (Å²) >= 11 is 0. The highest BCUT2D eigenvalue weighted by molar-refractivity contribution is 7.92. The molecule has 12 heteroatoms. The standard InChI is InChI=1S/C25H31N7O4S/c1-7-19(14(2)3)16(6)27-13-21(33)30-25-32-31-24(36-25)22-23(26)28-12-20(29-22)17-8-10-18(11-9-17)37(34,35)15(4)5/h8-12,15,27H,6-7,13H2,1-5H3,(H2,26,28)(H,30,32,33). The van der Waals surface area contributed by atoms with Crippen LogP contribution in [0.2, 0.25) is 0 Å². The zero-order valence-corrected chi connectivity index (χ0v) is 22.3. The van der Waals surface area contributed by atoms with Gasteiger partial charge < -0.3 is 15.5 Å². The first-order chi connectivity index (χ1) is 17.4. The number of sulfone groups is 1. The summed E-state index contributed by atoms with van der Waals surface area (Å²) in [4.78, 5) is 21.2. The average Bonchev–Trinajstić information content (AvgIpc) is 3.31. The first-order valence-corrected chi connectivity index (χ1v) is 13.2. The van der Waals surface area contributed by atoms with Gasteiger partial charge in [0.1, 0.15) is 0 Å². The molecule has 0 aliphatic heterocycles. The van der Waals surface area contributed by atoms with E-state index >= 15 is 0 Å². The maximum atomic E-state index is 12.4. The van der Waals surface area contributed by atoms with Gasteiger partial charge in [-0.25, -0.2) is 18.4 Å². The van der Waals surface area contributed by atoms with E-state index in [-0.39, 0.29) is 34.9 Å². The third-order valence-electron chi connectivity index (χ3n) is 5.56. The molecule has 0 bridgehead atoms. The third kappa shape index (κ3) is 6.39. The fraction of sp³-hybridized carbons (Fsp3) is 0.320. The summed E-state index contributed by atoms with van der Waals surface area (Å²) in [6, 6.07) is 6.19. The van der Waals surface area contributed by atoms with Gasteiger partial charge in [-0.3, -0.25) is 10.1 Å². The molecule has 3 aromatic rings. The van der Waals surface area contributed by atoms with Gasteiger partial charge >= 0.3 is 6.01 Å². The lowest BCUT2D eigenvalue weighted by Crippen LogP contribution is -2.28. The van der Waals surface area contributed by atoms with Crippen molar-refractivity contribution in [3.8, 4) is 22.8 Å². The third-order valence-corrected chi connectivity index (χ3v) is 7.73.